The van der Waals surface area contributed by atoms with Crippen LogP contribution in [0.2, 0.25) is 0 Å². The minimum Gasteiger partial charge on any atom is -0.378 e. The van der Waals surface area contributed by atoms with E-state index in [1.165, 1.54) is 10.9 Å². The van der Waals surface area contributed by atoms with Gasteiger partial charge in [0.05, 0.1) is 28.7 Å². The zero-order valence-corrected chi connectivity index (χ0v) is 18.3. The van der Waals surface area contributed by atoms with Gasteiger partial charge >= 0.3 is 0 Å². The second-order valence-corrected chi connectivity index (χ2v) is 8.85. The molecular weight excluding hydrogens is 403 g/mol. The molecule has 1 aliphatic rings. The van der Waals surface area contributed by atoms with E-state index in [9.17, 15) is 9.18 Å². The third kappa shape index (κ3) is 4.29. The van der Waals surface area contributed by atoms with Crippen molar-refractivity contribution in [1.29, 1.82) is 0 Å². The molecule has 0 atom stereocenters. The smallest absolute Gasteiger partial charge is 0.244 e. The number of nitrogens with zero attached hydrogens (tertiary/aromatic N) is 4. The number of hydrogen-bond acceptors (Lipinski definition) is 5. The molecule has 4 rings (SSSR count). The van der Waals surface area contributed by atoms with Gasteiger partial charge < -0.3 is 9.64 Å². The maximum atomic E-state index is 13.6. The maximum absolute atomic E-state index is 13.6. The van der Waals surface area contributed by atoms with Crippen LogP contribution in [-0.2, 0) is 35.5 Å². The summed E-state index contributed by atoms with van der Waals surface area (Å²) in [7, 11) is 1.61. The monoisotopic (exact) mass is 428 g/mol. The number of rotatable bonds is 5. The average molecular weight is 429 g/mol. The Labute approximate surface area is 179 Å². The average Bonchev–Trinajstić information content (AvgIpc) is 3.21. The molecule has 0 bridgehead atoms. The van der Waals surface area contributed by atoms with E-state index < -0.39 is 0 Å². The Kier molecular flexibility index (Phi) is 5.97. The van der Waals surface area contributed by atoms with Crippen LogP contribution in [0.4, 0.5) is 4.39 Å². The van der Waals surface area contributed by atoms with Crippen LogP contribution in [0.1, 0.15) is 26.8 Å². The standard InChI is InChI=1S/C22H25FN4O2S/c1-14-10-16(4-5-18(14)23)20-11-17(13-29-3)27(25-20)12-22(28)26-8-6-19-21(7-9-26)30-15(2)24-19/h4-5,10-11H,6-9,12-13H2,1-3H3. The van der Waals surface area contributed by atoms with Crippen molar-refractivity contribution in [3.05, 3.63) is 56.9 Å². The van der Waals surface area contributed by atoms with Crippen molar-refractivity contribution in [3.8, 4) is 11.3 Å². The minimum absolute atomic E-state index is 0.0316. The van der Waals surface area contributed by atoms with Gasteiger partial charge in [0, 0.05) is 43.5 Å². The number of hydrogen-bond donors (Lipinski definition) is 0. The van der Waals surface area contributed by atoms with Crippen molar-refractivity contribution < 1.29 is 13.9 Å². The zero-order chi connectivity index (χ0) is 21.3. The van der Waals surface area contributed by atoms with Crippen LogP contribution in [0.5, 0.6) is 0 Å². The molecule has 30 heavy (non-hydrogen) atoms. The summed E-state index contributed by atoms with van der Waals surface area (Å²) in [5.41, 5.74) is 4.02. The Bertz CT molecular complexity index is 1050. The molecule has 0 fully saturated rings. The summed E-state index contributed by atoms with van der Waals surface area (Å²) in [5.74, 6) is -0.214. The minimum atomic E-state index is -0.246. The number of carbonyl (C=O) groups is 1. The Morgan fingerprint density at radius 2 is 2.03 bits per heavy atom. The van der Waals surface area contributed by atoms with E-state index in [0.29, 0.717) is 31.0 Å². The highest BCUT2D eigenvalue weighted by Crippen LogP contribution is 2.24. The molecule has 3 aromatic rings. The third-order valence-electron chi connectivity index (χ3n) is 5.36. The Morgan fingerprint density at radius 3 is 2.80 bits per heavy atom. The lowest BCUT2D eigenvalue weighted by atomic mass is 10.1. The molecule has 158 valence electrons. The van der Waals surface area contributed by atoms with Crippen LogP contribution in [0.15, 0.2) is 24.3 Å². The van der Waals surface area contributed by atoms with Gasteiger partial charge in [-0.25, -0.2) is 9.37 Å². The Balaban J connectivity index is 1.51. The maximum Gasteiger partial charge on any atom is 0.244 e. The lowest BCUT2D eigenvalue weighted by Gasteiger charge is -2.20. The number of ether oxygens (including phenoxy) is 1. The third-order valence-corrected chi connectivity index (χ3v) is 6.43. The lowest BCUT2D eigenvalue weighted by Crippen LogP contribution is -2.36. The second kappa shape index (κ2) is 8.65. The predicted molar refractivity (Wildman–Crippen MR) is 114 cm³/mol. The molecule has 0 saturated heterocycles. The fourth-order valence-corrected chi connectivity index (χ4v) is 4.74. The van der Waals surface area contributed by atoms with Gasteiger partial charge in [-0.05, 0) is 43.7 Å². The highest BCUT2D eigenvalue weighted by atomic mass is 32.1. The second-order valence-electron chi connectivity index (χ2n) is 7.56. The SMILES string of the molecule is COCc1cc(-c2ccc(F)c(C)c2)nn1CC(=O)N1CCc2nc(C)sc2CC1. The molecule has 1 amide bonds. The summed E-state index contributed by atoms with van der Waals surface area (Å²) in [4.78, 5) is 20.8. The van der Waals surface area contributed by atoms with Crippen LogP contribution in [0, 0.1) is 19.7 Å². The molecule has 0 unspecified atom stereocenters. The van der Waals surface area contributed by atoms with Gasteiger partial charge in [-0.15, -0.1) is 11.3 Å². The first-order valence-electron chi connectivity index (χ1n) is 9.99. The number of methoxy groups -OCH3 is 1. The topological polar surface area (TPSA) is 60.3 Å². The normalized spacial score (nSPS) is 13.9. The van der Waals surface area contributed by atoms with Crippen LogP contribution < -0.4 is 0 Å². The van der Waals surface area contributed by atoms with Crippen LogP contribution in [0.25, 0.3) is 11.3 Å². The van der Waals surface area contributed by atoms with Crippen molar-refractivity contribution >= 4 is 17.2 Å². The number of fused-ring (bicyclic) bond motifs is 1. The number of halogens is 1. The number of aryl methyl sites for hydroxylation is 2. The molecule has 0 saturated carbocycles. The number of carbonyl (C=O) groups excluding carboxylic acids is 1. The highest BCUT2D eigenvalue weighted by molar-refractivity contribution is 7.11. The molecule has 2 aromatic heterocycles. The fourth-order valence-electron chi connectivity index (χ4n) is 3.77. The van der Waals surface area contributed by atoms with Crippen LogP contribution in [-0.4, -0.2) is 45.8 Å². The van der Waals surface area contributed by atoms with Gasteiger partial charge in [0.2, 0.25) is 5.91 Å². The van der Waals surface area contributed by atoms with Crippen molar-refractivity contribution in [2.45, 2.75) is 39.8 Å². The van der Waals surface area contributed by atoms with Gasteiger partial charge in [-0.2, -0.15) is 5.10 Å². The van der Waals surface area contributed by atoms with E-state index in [4.69, 9.17) is 4.74 Å². The molecule has 6 nitrogen and oxygen atoms in total. The summed E-state index contributed by atoms with van der Waals surface area (Å²) in [5, 5.41) is 5.71. The molecule has 8 heteroatoms. The predicted octanol–water partition coefficient (Wildman–Crippen LogP) is 3.54. The number of benzene rings is 1. The fraction of sp³-hybridized carbons (Fsp3) is 0.409. The molecule has 0 radical (unpaired) electrons. The van der Waals surface area contributed by atoms with Crippen LogP contribution >= 0.6 is 11.3 Å². The van der Waals surface area contributed by atoms with Gasteiger partial charge in [0.1, 0.15) is 12.4 Å². The number of thiazole rings is 1. The molecular formula is C22H25FN4O2S. The Hall–Kier alpha value is -2.58. The zero-order valence-electron chi connectivity index (χ0n) is 17.4. The number of amides is 1. The molecule has 3 heterocycles. The summed E-state index contributed by atoms with van der Waals surface area (Å²) in [6, 6.07) is 6.81. The van der Waals surface area contributed by atoms with E-state index >= 15 is 0 Å². The van der Waals surface area contributed by atoms with E-state index in [-0.39, 0.29) is 18.3 Å². The van der Waals surface area contributed by atoms with Gasteiger partial charge in [-0.1, -0.05) is 0 Å². The molecule has 0 aliphatic carbocycles. The summed E-state index contributed by atoms with van der Waals surface area (Å²) in [6.07, 6.45) is 1.63. The molecule has 0 N–H and O–H groups in total. The lowest BCUT2D eigenvalue weighted by molar-refractivity contribution is -0.132. The van der Waals surface area contributed by atoms with Crippen LogP contribution in [0.3, 0.4) is 0 Å². The molecule has 0 spiro atoms. The Morgan fingerprint density at radius 1 is 1.23 bits per heavy atom. The number of aromatic nitrogens is 3. The van der Waals surface area contributed by atoms with Gasteiger partial charge in [-0.3, -0.25) is 9.48 Å². The van der Waals surface area contributed by atoms with Crippen molar-refractivity contribution in [2.75, 3.05) is 20.2 Å². The molecule has 1 aliphatic heterocycles. The van der Waals surface area contributed by atoms with E-state index in [0.717, 1.165) is 34.8 Å². The first-order chi connectivity index (χ1) is 14.4. The van der Waals surface area contributed by atoms with Gasteiger partial charge in [0.15, 0.2) is 0 Å². The van der Waals surface area contributed by atoms with Crippen molar-refractivity contribution in [3.63, 3.8) is 0 Å². The van der Waals surface area contributed by atoms with E-state index in [2.05, 4.69) is 10.1 Å². The highest BCUT2D eigenvalue weighted by Gasteiger charge is 2.22. The van der Waals surface area contributed by atoms with Crippen molar-refractivity contribution in [2.24, 2.45) is 0 Å². The van der Waals surface area contributed by atoms with Crippen molar-refractivity contribution in [1.82, 2.24) is 19.7 Å². The molecule has 1 aromatic carbocycles. The summed E-state index contributed by atoms with van der Waals surface area (Å²) >= 11 is 1.72. The summed E-state index contributed by atoms with van der Waals surface area (Å²) < 4.78 is 20.6. The largest absolute Gasteiger partial charge is 0.378 e. The van der Waals surface area contributed by atoms with E-state index in [1.807, 2.05) is 17.9 Å². The quantitative estimate of drug-likeness (QED) is 0.624. The van der Waals surface area contributed by atoms with Gasteiger partial charge in [0.25, 0.3) is 0 Å². The first-order valence-corrected chi connectivity index (χ1v) is 10.8. The van der Waals surface area contributed by atoms with E-state index in [1.54, 1.807) is 42.2 Å². The summed E-state index contributed by atoms with van der Waals surface area (Å²) in [6.45, 7) is 5.61. The first kappa shape index (κ1) is 20.7.